The first kappa shape index (κ1) is 20.8. The molecule has 1 aliphatic carbocycles. The highest BCUT2D eigenvalue weighted by Crippen LogP contribution is 2.33. The van der Waals surface area contributed by atoms with Crippen LogP contribution >= 0.6 is 0 Å². The molecule has 0 N–H and O–H groups in total. The van der Waals surface area contributed by atoms with E-state index < -0.39 is 16.6 Å². The largest absolute Gasteiger partial charge is 0.545 e. The lowest BCUT2D eigenvalue weighted by Crippen LogP contribution is -2.41. The second-order valence-corrected chi connectivity index (χ2v) is 17.6. The van der Waals surface area contributed by atoms with Crippen LogP contribution in [0.25, 0.3) is 0 Å². The predicted octanol–water partition coefficient (Wildman–Crippen LogP) is 5.58. The molecule has 136 valence electrons. The summed E-state index contributed by atoms with van der Waals surface area (Å²) in [7, 11) is -3.18. The molecule has 1 aliphatic rings. The summed E-state index contributed by atoms with van der Waals surface area (Å²) < 4.78 is 12.8. The normalized spacial score (nSPS) is 20.1. The van der Waals surface area contributed by atoms with E-state index in [2.05, 4.69) is 58.0 Å². The summed E-state index contributed by atoms with van der Waals surface area (Å²) in [5.41, 5.74) is 0. The van der Waals surface area contributed by atoms with Crippen molar-refractivity contribution in [2.24, 2.45) is 0 Å². The van der Waals surface area contributed by atoms with Gasteiger partial charge in [0, 0.05) is 18.9 Å². The van der Waals surface area contributed by atoms with Crippen LogP contribution in [0.15, 0.2) is 11.5 Å². The molecular formula is C18H39NO2Si2. The van der Waals surface area contributed by atoms with Crippen LogP contribution in [-0.4, -0.2) is 40.7 Å². The number of allylic oxidation sites excluding steroid dienone is 1. The van der Waals surface area contributed by atoms with Gasteiger partial charge in [0.05, 0.1) is 0 Å². The molecule has 0 heterocycles. The van der Waals surface area contributed by atoms with Crippen molar-refractivity contribution in [3.63, 3.8) is 0 Å². The number of hydrogen-bond acceptors (Lipinski definition) is 3. The van der Waals surface area contributed by atoms with Crippen molar-refractivity contribution >= 4 is 16.6 Å². The molecule has 1 unspecified atom stereocenters. The molecule has 3 nitrogen and oxygen atoms in total. The Morgan fingerprint density at radius 2 is 1.35 bits per heavy atom. The van der Waals surface area contributed by atoms with Gasteiger partial charge in [0.25, 0.3) is 0 Å². The average molecular weight is 358 g/mol. The molecule has 1 atom stereocenters. The summed E-state index contributed by atoms with van der Waals surface area (Å²) in [5, 5.41) is 0. The molecular weight excluding hydrogens is 318 g/mol. The van der Waals surface area contributed by atoms with Gasteiger partial charge < -0.3 is 8.85 Å². The van der Waals surface area contributed by atoms with Gasteiger partial charge in [-0.2, -0.15) is 0 Å². The first-order valence-corrected chi connectivity index (χ1v) is 16.2. The fourth-order valence-electron chi connectivity index (χ4n) is 3.18. The predicted molar refractivity (Wildman–Crippen MR) is 106 cm³/mol. The molecule has 0 aliphatic heterocycles. The summed E-state index contributed by atoms with van der Waals surface area (Å²) in [6, 6.07) is 0.621. The maximum Gasteiger partial charge on any atom is 0.241 e. The number of hydrogen-bond donors (Lipinski definition) is 0. The van der Waals surface area contributed by atoms with Crippen molar-refractivity contribution in [1.82, 2.24) is 4.90 Å². The van der Waals surface area contributed by atoms with Crippen molar-refractivity contribution in [3.05, 3.63) is 11.5 Å². The van der Waals surface area contributed by atoms with Crippen molar-refractivity contribution < 1.29 is 8.85 Å². The van der Waals surface area contributed by atoms with E-state index in [4.69, 9.17) is 8.85 Å². The van der Waals surface area contributed by atoms with E-state index in [0.29, 0.717) is 6.04 Å². The van der Waals surface area contributed by atoms with Gasteiger partial charge in [0.1, 0.15) is 11.5 Å². The standard InChI is InChI=1S/C18H39NO2Si2/c1-9-13-19(14-10-2)16-11-12-17(20-22(3,4)5)18(15-16)21-23(6,7)8/h16H,9-15H2,1-8H3. The molecule has 0 aromatic heterocycles. The summed E-state index contributed by atoms with van der Waals surface area (Å²) in [4.78, 5) is 2.67. The molecule has 0 bridgehead atoms. The quantitative estimate of drug-likeness (QED) is 0.503. The van der Waals surface area contributed by atoms with Crippen molar-refractivity contribution in [1.29, 1.82) is 0 Å². The molecule has 23 heavy (non-hydrogen) atoms. The van der Waals surface area contributed by atoms with Crippen LogP contribution in [0.4, 0.5) is 0 Å². The maximum absolute atomic E-state index is 6.46. The smallest absolute Gasteiger partial charge is 0.241 e. The van der Waals surface area contributed by atoms with Crippen LogP contribution in [0.1, 0.15) is 46.0 Å². The third-order valence-electron chi connectivity index (χ3n) is 3.83. The molecule has 0 saturated carbocycles. The Balaban J connectivity index is 2.94. The number of rotatable bonds is 9. The van der Waals surface area contributed by atoms with E-state index in [0.717, 1.165) is 18.6 Å². The molecule has 0 aromatic rings. The lowest BCUT2D eigenvalue weighted by molar-refractivity contribution is 0.150. The third-order valence-corrected chi connectivity index (χ3v) is 5.55. The maximum atomic E-state index is 6.46. The van der Waals surface area contributed by atoms with Gasteiger partial charge in [-0.3, -0.25) is 4.90 Å². The lowest BCUT2D eigenvalue weighted by atomic mass is 9.97. The Hall–Kier alpha value is -0.266. The van der Waals surface area contributed by atoms with Gasteiger partial charge in [-0.25, -0.2) is 0 Å². The van der Waals surface area contributed by atoms with Crippen molar-refractivity contribution in [2.75, 3.05) is 13.1 Å². The van der Waals surface area contributed by atoms with Crippen LogP contribution in [0.2, 0.25) is 39.3 Å². The highest BCUT2D eigenvalue weighted by Gasteiger charge is 2.32. The van der Waals surface area contributed by atoms with Gasteiger partial charge in [0.15, 0.2) is 0 Å². The highest BCUT2D eigenvalue weighted by atomic mass is 28.4. The van der Waals surface area contributed by atoms with Gasteiger partial charge in [0.2, 0.25) is 16.6 Å². The second-order valence-electron chi connectivity index (χ2n) is 8.71. The van der Waals surface area contributed by atoms with E-state index in [1.54, 1.807) is 0 Å². The Morgan fingerprint density at radius 1 is 0.870 bits per heavy atom. The molecule has 5 heteroatoms. The van der Waals surface area contributed by atoms with Crippen LogP contribution in [0, 0.1) is 0 Å². The topological polar surface area (TPSA) is 21.7 Å². The monoisotopic (exact) mass is 357 g/mol. The first-order chi connectivity index (χ1) is 10.6. The van der Waals surface area contributed by atoms with Crippen LogP contribution in [0.3, 0.4) is 0 Å². The average Bonchev–Trinajstić information content (AvgIpc) is 2.37. The Bertz CT molecular complexity index is 391. The molecule has 0 radical (unpaired) electrons. The number of nitrogens with zero attached hydrogens (tertiary/aromatic N) is 1. The summed E-state index contributed by atoms with van der Waals surface area (Å²) in [6.07, 6.45) is 5.73. The zero-order valence-electron chi connectivity index (χ0n) is 16.8. The third kappa shape index (κ3) is 7.90. The van der Waals surface area contributed by atoms with E-state index in [9.17, 15) is 0 Å². The zero-order chi connectivity index (χ0) is 17.7. The zero-order valence-corrected chi connectivity index (χ0v) is 18.8. The van der Waals surface area contributed by atoms with Crippen LogP contribution in [0.5, 0.6) is 0 Å². The minimum absolute atomic E-state index is 0.621. The van der Waals surface area contributed by atoms with Gasteiger partial charge in [-0.15, -0.1) is 0 Å². The fourth-order valence-corrected chi connectivity index (χ4v) is 5.07. The first-order valence-electron chi connectivity index (χ1n) is 9.39. The van der Waals surface area contributed by atoms with E-state index in [-0.39, 0.29) is 0 Å². The molecule has 0 fully saturated rings. The van der Waals surface area contributed by atoms with Crippen LogP contribution in [-0.2, 0) is 8.85 Å². The Kier molecular flexibility index (Phi) is 7.88. The molecule has 0 amide bonds. The molecule has 0 aromatic carbocycles. The SMILES string of the molecule is CCCN(CCC)C1CCC(O[Si](C)(C)C)=C(O[Si](C)(C)C)C1. The Morgan fingerprint density at radius 3 is 1.78 bits per heavy atom. The molecule has 1 rings (SSSR count). The molecule has 0 spiro atoms. The van der Waals surface area contributed by atoms with E-state index >= 15 is 0 Å². The second kappa shape index (κ2) is 8.72. The van der Waals surface area contributed by atoms with Crippen molar-refractivity contribution in [2.45, 2.75) is 91.3 Å². The summed E-state index contributed by atoms with van der Waals surface area (Å²) >= 11 is 0. The minimum atomic E-state index is -1.60. The summed E-state index contributed by atoms with van der Waals surface area (Å²) in [5.74, 6) is 2.33. The van der Waals surface area contributed by atoms with Gasteiger partial charge >= 0.3 is 0 Å². The fraction of sp³-hybridized carbons (Fsp3) is 0.889. The van der Waals surface area contributed by atoms with Crippen LogP contribution < -0.4 is 0 Å². The highest BCUT2D eigenvalue weighted by molar-refractivity contribution is 6.70. The van der Waals surface area contributed by atoms with E-state index in [1.807, 2.05) is 0 Å². The van der Waals surface area contributed by atoms with Crippen molar-refractivity contribution in [3.8, 4) is 0 Å². The Labute approximate surface area is 146 Å². The molecule has 0 saturated heterocycles. The van der Waals surface area contributed by atoms with E-state index in [1.165, 1.54) is 38.1 Å². The lowest BCUT2D eigenvalue weighted by Gasteiger charge is -2.38. The summed E-state index contributed by atoms with van der Waals surface area (Å²) in [6.45, 7) is 20.5. The van der Waals surface area contributed by atoms with Gasteiger partial charge in [-0.05, 0) is 71.6 Å². The van der Waals surface area contributed by atoms with Gasteiger partial charge in [-0.1, -0.05) is 13.8 Å². The minimum Gasteiger partial charge on any atom is -0.545 e.